The minimum Gasteiger partial charge on any atom is -0.283 e. The van der Waals surface area contributed by atoms with Crippen LogP contribution in [0.2, 0.25) is 0 Å². The minimum absolute atomic E-state index is 0.655. The van der Waals surface area contributed by atoms with Gasteiger partial charge in [0.25, 0.3) is 9.74 Å². The fourth-order valence-corrected chi connectivity index (χ4v) is 0. The lowest BCUT2D eigenvalue weighted by atomic mass is 12.0. The van der Waals surface area contributed by atoms with E-state index < -0.39 is 17.5 Å². The summed E-state index contributed by atoms with van der Waals surface area (Å²) in [5.74, 6) is 0. The van der Waals surface area contributed by atoms with Gasteiger partial charge in [0, 0.05) is 7.78 Å². The molecule has 0 spiro atoms. The van der Waals surface area contributed by atoms with Gasteiger partial charge in [0.15, 0.2) is 0 Å². The van der Waals surface area contributed by atoms with E-state index in [2.05, 4.69) is 6.66 Å². The van der Waals surface area contributed by atoms with Crippen LogP contribution in [0.4, 0.5) is 0 Å². The molecule has 1 atom stereocenters. The van der Waals surface area contributed by atoms with E-state index in [1.807, 2.05) is 0 Å². The summed E-state index contributed by atoms with van der Waals surface area (Å²) in [6, 6.07) is 0. The van der Waals surface area contributed by atoms with Crippen molar-refractivity contribution in [2.24, 2.45) is 0 Å². The minimum atomic E-state index is -3.75. The zero-order valence-electron chi connectivity index (χ0n) is 2.88. The van der Waals surface area contributed by atoms with Gasteiger partial charge in [-0.3, -0.25) is 4.55 Å². The molecule has 0 saturated carbocycles. The number of hydrogen-bond acceptors (Lipinski definition) is 2. The van der Waals surface area contributed by atoms with Crippen molar-refractivity contribution in [1.29, 1.82) is 0 Å². The second-order valence-electron chi connectivity index (χ2n) is 0.619. The zero-order valence-corrected chi connectivity index (χ0v) is 4.70. The molecule has 1 unspecified atom stereocenters. The number of rotatable bonds is 1. The van der Waals surface area contributed by atoms with Crippen molar-refractivity contribution in [2.45, 2.75) is 0 Å². The monoisotopic (exact) mass is 127 g/mol. The SMILES string of the molecule is [CH2]PS(=O)(=O)O. The van der Waals surface area contributed by atoms with Crippen molar-refractivity contribution in [2.75, 3.05) is 0 Å². The van der Waals surface area contributed by atoms with Crippen molar-refractivity contribution in [3.8, 4) is 0 Å². The van der Waals surface area contributed by atoms with Crippen molar-refractivity contribution < 1.29 is 13.0 Å². The zero-order chi connectivity index (χ0) is 5.21. The van der Waals surface area contributed by atoms with Gasteiger partial charge in [-0.15, -0.1) is 0 Å². The van der Waals surface area contributed by atoms with Gasteiger partial charge in [-0.25, -0.2) is 0 Å². The third kappa shape index (κ3) is 4.34. The molecule has 0 aliphatic carbocycles. The van der Waals surface area contributed by atoms with Crippen LogP contribution in [0.25, 0.3) is 0 Å². The molecule has 0 fully saturated rings. The Morgan fingerprint density at radius 2 is 1.83 bits per heavy atom. The van der Waals surface area contributed by atoms with Gasteiger partial charge in [-0.05, 0) is 6.66 Å². The Morgan fingerprint density at radius 1 is 1.67 bits per heavy atom. The van der Waals surface area contributed by atoms with E-state index in [0.29, 0.717) is 0 Å². The standard InChI is InChI=1S/CH4O3PS/c1-5-6(2,3)4/h5H,1H2,(H,2,3,4). The molecule has 0 bridgehead atoms. The molecular formula is CH4O3PS. The molecule has 1 N–H and O–H groups in total. The van der Waals surface area contributed by atoms with E-state index in [4.69, 9.17) is 4.55 Å². The molecular weight excluding hydrogens is 123 g/mol. The predicted octanol–water partition coefficient (Wildman–Crippen LogP) is 0.259. The fourth-order valence-electron chi connectivity index (χ4n) is 0. The molecule has 37 valence electrons. The Kier molecular flexibility index (Phi) is 1.97. The van der Waals surface area contributed by atoms with Crippen LogP contribution in [0.1, 0.15) is 0 Å². The van der Waals surface area contributed by atoms with E-state index in [-0.39, 0.29) is 0 Å². The summed E-state index contributed by atoms with van der Waals surface area (Å²) in [7, 11) is -4.40. The van der Waals surface area contributed by atoms with Crippen molar-refractivity contribution in [1.82, 2.24) is 0 Å². The molecule has 0 aliphatic rings. The highest BCUT2D eigenvalue weighted by Gasteiger charge is 1.93. The Balaban J connectivity index is 3.85. The summed E-state index contributed by atoms with van der Waals surface area (Å²) in [5.41, 5.74) is 0. The molecule has 5 heteroatoms. The molecule has 3 nitrogen and oxygen atoms in total. The van der Waals surface area contributed by atoms with E-state index in [1.165, 1.54) is 0 Å². The van der Waals surface area contributed by atoms with Crippen LogP contribution in [-0.2, 0) is 9.74 Å². The van der Waals surface area contributed by atoms with Crippen LogP contribution in [0.3, 0.4) is 0 Å². The van der Waals surface area contributed by atoms with Gasteiger partial charge in [0.2, 0.25) is 0 Å². The molecule has 0 amide bonds. The van der Waals surface area contributed by atoms with E-state index in [1.54, 1.807) is 0 Å². The highest BCUT2D eigenvalue weighted by Crippen LogP contribution is 2.12. The van der Waals surface area contributed by atoms with Crippen LogP contribution in [-0.4, -0.2) is 13.0 Å². The molecule has 0 saturated heterocycles. The summed E-state index contributed by atoms with van der Waals surface area (Å²) in [4.78, 5) is 0. The molecule has 1 radical (unpaired) electrons. The van der Waals surface area contributed by atoms with Gasteiger partial charge in [0.1, 0.15) is 0 Å². The first-order valence-corrected chi connectivity index (χ1v) is 4.45. The maximum absolute atomic E-state index is 9.51. The second-order valence-corrected chi connectivity index (χ2v) is 4.27. The normalized spacial score (nSPS) is 13.7. The van der Waals surface area contributed by atoms with Gasteiger partial charge in [-0.2, -0.15) is 8.42 Å². The Bertz CT molecular complexity index is 113. The van der Waals surface area contributed by atoms with Gasteiger partial charge >= 0.3 is 0 Å². The molecule has 0 rings (SSSR count). The first kappa shape index (κ1) is 6.34. The smallest absolute Gasteiger partial charge is 0.278 e. The summed E-state index contributed by atoms with van der Waals surface area (Å²) in [6.07, 6.45) is 0. The summed E-state index contributed by atoms with van der Waals surface area (Å²) in [6.45, 7) is 2.95. The van der Waals surface area contributed by atoms with E-state index in [0.717, 1.165) is 0 Å². The third-order valence-electron chi connectivity index (χ3n) is 0.182. The van der Waals surface area contributed by atoms with Crippen molar-refractivity contribution in [3.63, 3.8) is 0 Å². The largest absolute Gasteiger partial charge is 0.283 e. The average molecular weight is 127 g/mol. The van der Waals surface area contributed by atoms with Crippen LogP contribution in [0.5, 0.6) is 0 Å². The summed E-state index contributed by atoms with van der Waals surface area (Å²) >= 11 is 0. The molecule has 0 heterocycles. The molecule has 0 aromatic carbocycles. The Morgan fingerprint density at radius 3 is 1.83 bits per heavy atom. The third-order valence-corrected chi connectivity index (χ3v) is 1.64. The summed E-state index contributed by atoms with van der Waals surface area (Å²) in [5, 5.41) is 0. The maximum Gasteiger partial charge on any atom is 0.278 e. The van der Waals surface area contributed by atoms with Crippen molar-refractivity contribution >= 4 is 17.5 Å². The van der Waals surface area contributed by atoms with Crippen LogP contribution < -0.4 is 0 Å². The van der Waals surface area contributed by atoms with Gasteiger partial charge < -0.3 is 0 Å². The van der Waals surface area contributed by atoms with Crippen LogP contribution in [0, 0.1) is 6.66 Å². The van der Waals surface area contributed by atoms with Crippen LogP contribution in [0.15, 0.2) is 0 Å². The van der Waals surface area contributed by atoms with Gasteiger partial charge in [-0.1, -0.05) is 0 Å². The molecule has 6 heavy (non-hydrogen) atoms. The highest BCUT2D eigenvalue weighted by atomic mass is 32.8. The molecule has 0 aliphatic heterocycles. The summed E-state index contributed by atoms with van der Waals surface area (Å²) < 4.78 is 26.8. The van der Waals surface area contributed by atoms with Crippen LogP contribution >= 0.6 is 7.78 Å². The highest BCUT2D eigenvalue weighted by molar-refractivity contribution is 8.40. The molecule has 0 aromatic rings. The fraction of sp³-hybridized carbons (Fsp3) is 0. The van der Waals surface area contributed by atoms with E-state index >= 15 is 0 Å². The van der Waals surface area contributed by atoms with Crippen molar-refractivity contribution in [3.05, 3.63) is 6.66 Å². The Hall–Kier alpha value is 0.340. The average Bonchev–Trinajstić information content (AvgIpc) is 1.35. The van der Waals surface area contributed by atoms with E-state index in [9.17, 15) is 8.42 Å². The maximum atomic E-state index is 9.51. The van der Waals surface area contributed by atoms with Gasteiger partial charge in [0.05, 0.1) is 0 Å². The first-order valence-electron chi connectivity index (χ1n) is 1.07. The lowest BCUT2D eigenvalue weighted by Crippen LogP contribution is -1.81. The lowest BCUT2D eigenvalue weighted by molar-refractivity contribution is 0.502. The Labute approximate surface area is 38.0 Å². The quantitative estimate of drug-likeness (QED) is 0.406. The first-order chi connectivity index (χ1) is 2.56. The predicted molar refractivity (Wildman–Crippen MR) is 25.2 cm³/mol. The lowest BCUT2D eigenvalue weighted by Gasteiger charge is -1.79. The number of hydrogen-bond donors (Lipinski definition) is 1. The molecule has 0 aromatic heterocycles. The topological polar surface area (TPSA) is 54.4 Å². The second kappa shape index (κ2) is 1.87.